The predicted molar refractivity (Wildman–Crippen MR) is 66.7 cm³/mol. The van der Waals surface area contributed by atoms with Crippen LogP contribution in [-0.4, -0.2) is 45.7 Å². The highest BCUT2D eigenvalue weighted by Gasteiger charge is 2.15. The third-order valence-corrected chi connectivity index (χ3v) is 3.32. The molecular weight excluding hydrogens is 246 g/mol. The largest absolute Gasteiger partial charge is 0.381 e. The van der Waals surface area contributed by atoms with Crippen molar-refractivity contribution in [2.75, 3.05) is 19.8 Å². The molecule has 0 aromatic carbocycles. The molecule has 1 fully saturated rings. The summed E-state index contributed by atoms with van der Waals surface area (Å²) in [6.07, 6.45) is 3.68. The van der Waals surface area contributed by atoms with E-state index in [-0.39, 0.29) is 5.91 Å². The van der Waals surface area contributed by atoms with Gasteiger partial charge in [0.05, 0.1) is 5.56 Å². The van der Waals surface area contributed by atoms with Crippen LogP contribution in [0.1, 0.15) is 23.2 Å². The molecule has 2 aromatic rings. The molecule has 100 valence electrons. The Morgan fingerprint density at radius 3 is 3.32 bits per heavy atom. The van der Waals surface area contributed by atoms with E-state index in [1.807, 2.05) is 0 Å². The lowest BCUT2D eigenvalue weighted by Crippen LogP contribution is -2.26. The van der Waals surface area contributed by atoms with Crippen molar-refractivity contribution in [3.63, 3.8) is 0 Å². The Balaban J connectivity index is 1.56. The Hall–Kier alpha value is -2.02. The van der Waals surface area contributed by atoms with Crippen molar-refractivity contribution in [2.45, 2.75) is 12.8 Å². The SMILES string of the molecule is O=C(NCC[C@@H]1CCOC1)c1ccc2nnnn2c1. The lowest BCUT2D eigenvalue weighted by atomic mass is 10.1. The van der Waals surface area contributed by atoms with Crippen LogP contribution in [0.3, 0.4) is 0 Å². The van der Waals surface area contributed by atoms with E-state index in [1.165, 1.54) is 4.52 Å². The number of fused-ring (bicyclic) bond motifs is 1. The van der Waals surface area contributed by atoms with Crippen molar-refractivity contribution in [1.29, 1.82) is 0 Å². The highest BCUT2D eigenvalue weighted by molar-refractivity contribution is 5.94. The number of hydrogen-bond acceptors (Lipinski definition) is 5. The number of nitrogens with one attached hydrogen (secondary N) is 1. The van der Waals surface area contributed by atoms with E-state index in [4.69, 9.17) is 4.74 Å². The van der Waals surface area contributed by atoms with Gasteiger partial charge in [-0.25, -0.2) is 0 Å². The van der Waals surface area contributed by atoms with Crippen LogP contribution >= 0.6 is 0 Å². The molecule has 7 nitrogen and oxygen atoms in total. The topological polar surface area (TPSA) is 81.4 Å². The Morgan fingerprint density at radius 1 is 1.53 bits per heavy atom. The van der Waals surface area contributed by atoms with E-state index >= 15 is 0 Å². The second-order valence-electron chi connectivity index (χ2n) is 4.67. The fourth-order valence-electron chi connectivity index (χ4n) is 2.18. The van der Waals surface area contributed by atoms with E-state index in [0.29, 0.717) is 23.7 Å². The van der Waals surface area contributed by atoms with Crippen LogP contribution in [0, 0.1) is 5.92 Å². The summed E-state index contributed by atoms with van der Waals surface area (Å²) < 4.78 is 6.79. The molecular formula is C12H15N5O2. The first kappa shape index (κ1) is 12.0. The number of pyridine rings is 1. The Kier molecular flexibility index (Phi) is 3.37. The van der Waals surface area contributed by atoms with Crippen LogP contribution in [0.25, 0.3) is 5.65 Å². The molecule has 1 aliphatic rings. The smallest absolute Gasteiger partial charge is 0.252 e. The fraction of sp³-hybridized carbons (Fsp3) is 0.500. The molecule has 1 atom stereocenters. The molecule has 1 amide bonds. The van der Waals surface area contributed by atoms with Gasteiger partial charge in [0.2, 0.25) is 0 Å². The second kappa shape index (κ2) is 5.31. The molecule has 0 saturated carbocycles. The first-order valence-corrected chi connectivity index (χ1v) is 6.36. The fourth-order valence-corrected chi connectivity index (χ4v) is 2.18. The summed E-state index contributed by atoms with van der Waals surface area (Å²) in [4.78, 5) is 12.0. The summed E-state index contributed by atoms with van der Waals surface area (Å²) >= 11 is 0. The Labute approximate surface area is 109 Å². The standard InChI is InChI=1S/C12H15N5O2/c18-12(13-5-3-9-4-6-19-8-9)10-1-2-11-14-15-16-17(11)7-10/h1-2,7,9H,3-6,8H2,(H,13,18)/t9-/m1/s1. The zero-order valence-electron chi connectivity index (χ0n) is 10.5. The van der Waals surface area contributed by atoms with Crippen LogP contribution in [0.4, 0.5) is 0 Å². The summed E-state index contributed by atoms with van der Waals surface area (Å²) in [5.41, 5.74) is 1.18. The van der Waals surface area contributed by atoms with Gasteiger partial charge in [-0.1, -0.05) is 0 Å². The van der Waals surface area contributed by atoms with Crippen LogP contribution in [0.5, 0.6) is 0 Å². The highest BCUT2D eigenvalue weighted by atomic mass is 16.5. The minimum Gasteiger partial charge on any atom is -0.381 e. The summed E-state index contributed by atoms with van der Waals surface area (Å²) in [6, 6.07) is 3.44. The minimum absolute atomic E-state index is 0.101. The molecule has 3 heterocycles. The molecule has 7 heteroatoms. The van der Waals surface area contributed by atoms with E-state index in [9.17, 15) is 4.79 Å². The van der Waals surface area contributed by atoms with Crippen molar-refractivity contribution < 1.29 is 9.53 Å². The zero-order valence-corrected chi connectivity index (χ0v) is 10.5. The zero-order chi connectivity index (χ0) is 13.1. The number of ether oxygens (including phenoxy) is 1. The number of amides is 1. The summed E-state index contributed by atoms with van der Waals surface area (Å²) in [7, 11) is 0. The van der Waals surface area contributed by atoms with Crippen molar-refractivity contribution >= 4 is 11.6 Å². The van der Waals surface area contributed by atoms with Gasteiger partial charge in [0, 0.05) is 26.0 Å². The maximum Gasteiger partial charge on any atom is 0.252 e. The maximum atomic E-state index is 12.0. The van der Waals surface area contributed by atoms with Crippen LogP contribution in [0.15, 0.2) is 18.3 Å². The number of carbonyl (C=O) groups excluding carboxylic acids is 1. The number of rotatable bonds is 4. The monoisotopic (exact) mass is 261 g/mol. The van der Waals surface area contributed by atoms with Gasteiger partial charge in [-0.2, -0.15) is 4.52 Å². The molecule has 1 N–H and O–H groups in total. The van der Waals surface area contributed by atoms with Crippen LogP contribution < -0.4 is 5.32 Å². The molecule has 1 aliphatic heterocycles. The Morgan fingerprint density at radius 2 is 2.47 bits per heavy atom. The van der Waals surface area contributed by atoms with E-state index in [2.05, 4.69) is 20.8 Å². The van der Waals surface area contributed by atoms with Gasteiger partial charge < -0.3 is 10.1 Å². The number of hydrogen-bond donors (Lipinski definition) is 1. The van der Waals surface area contributed by atoms with Crippen LogP contribution in [0.2, 0.25) is 0 Å². The predicted octanol–water partition coefficient (Wildman–Crippen LogP) is 0.281. The molecule has 0 aliphatic carbocycles. The lowest BCUT2D eigenvalue weighted by molar-refractivity contribution is 0.0950. The second-order valence-corrected chi connectivity index (χ2v) is 4.67. The number of carbonyl (C=O) groups is 1. The highest BCUT2D eigenvalue weighted by Crippen LogP contribution is 2.15. The average Bonchev–Trinajstić information content (AvgIpc) is 3.08. The lowest BCUT2D eigenvalue weighted by Gasteiger charge is -2.08. The molecule has 0 radical (unpaired) electrons. The molecule has 0 unspecified atom stereocenters. The molecule has 3 rings (SSSR count). The molecule has 0 spiro atoms. The maximum absolute atomic E-state index is 12.0. The van der Waals surface area contributed by atoms with Gasteiger partial charge >= 0.3 is 0 Å². The first-order valence-electron chi connectivity index (χ1n) is 6.36. The van der Waals surface area contributed by atoms with Gasteiger partial charge in [-0.05, 0) is 41.3 Å². The number of tetrazole rings is 1. The van der Waals surface area contributed by atoms with Crippen molar-refractivity contribution in [1.82, 2.24) is 25.4 Å². The van der Waals surface area contributed by atoms with E-state index < -0.39 is 0 Å². The van der Waals surface area contributed by atoms with Gasteiger partial charge in [0.15, 0.2) is 5.65 Å². The summed E-state index contributed by atoms with van der Waals surface area (Å²) in [6.45, 7) is 2.32. The van der Waals surface area contributed by atoms with Gasteiger partial charge in [0.1, 0.15) is 0 Å². The number of nitrogens with zero attached hydrogens (tertiary/aromatic N) is 4. The molecule has 0 bridgehead atoms. The van der Waals surface area contributed by atoms with E-state index in [0.717, 1.165) is 26.1 Å². The van der Waals surface area contributed by atoms with Crippen LogP contribution in [-0.2, 0) is 4.74 Å². The normalized spacial score (nSPS) is 18.8. The van der Waals surface area contributed by atoms with Crippen molar-refractivity contribution in [3.8, 4) is 0 Å². The van der Waals surface area contributed by atoms with Crippen molar-refractivity contribution in [2.24, 2.45) is 5.92 Å². The minimum atomic E-state index is -0.101. The first-order chi connectivity index (χ1) is 9.33. The summed E-state index contributed by atoms with van der Waals surface area (Å²) in [5.74, 6) is 0.471. The van der Waals surface area contributed by atoms with Crippen molar-refractivity contribution in [3.05, 3.63) is 23.9 Å². The van der Waals surface area contributed by atoms with Gasteiger partial charge in [-0.3, -0.25) is 4.79 Å². The molecule has 1 saturated heterocycles. The summed E-state index contributed by atoms with van der Waals surface area (Å²) in [5, 5.41) is 14.0. The van der Waals surface area contributed by atoms with Gasteiger partial charge in [0.25, 0.3) is 5.91 Å². The van der Waals surface area contributed by atoms with Gasteiger partial charge in [-0.15, -0.1) is 5.10 Å². The molecule has 2 aromatic heterocycles. The average molecular weight is 261 g/mol. The third kappa shape index (κ3) is 2.70. The van der Waals surface area contributed by atoms with E-state index in [1.54, 1.807) is 18.3 Å². The number of aromatic nitrogens is 4. The third-order valence-electron chi connectivity index (χ3n) is 3.32. The quantitative estimate of drug-likeness (QED) is 0.855. The Bertz CT molecular complexity index is 576. The molecule has 19 heavy (non-hydrogen) atoms.